The van der Waals surface area contributed by atoms with Crippen LogP contribution in [-0.4, -0.2) is 40.1 Å². The van der Waals surface area contributed by atoms with E-state index in [9.17, 15) is 9.59 Å². The van der Waals surface area contributed by atoms with E-state index in [1.165, 1.54) is 0 Å². The molecule has 2 amide bonds. The van der Waals surface area contributed by atoms with E-state index >= 15 is 0 Å². The first-order chi connectivity index (χ1) is 14.1. The summed E-state index contributed by atoms with van der Waals surface area (Å²) in [5.74, 6) is 0.569. The number of hydrogen-bond donors (Lipinski definition) is 2. The molecule has 7 nitrogen and oxygen atoms in total. The van der Waals surface area contributed by atoms with Crippen molar-refractivity contribution in [2.45, 2.75) is 24.8 Å². The number of carbonyl (C=O) groups excluding carboxylic acids is 2. The number of rotatable bonds is 4. The van der Waals surface area contributed by atoms with Gasteiger partial charge < -0.3 is 5.32 Å². The number of fused-ring (bicyclic) bond motifs is 3. The predicted molar refractivity (Wildman–Crippen MR) is 108 cm³/mol. The highest BCUT2D eigenvalue weighted by molar-refractivity contribution is 6.02. The van der Waals surface area contributed by atoms with Gasteiger partial charge in [-0.25, -0.2) is 4.98 Å². The van der Waals surface area contributed by atoms with Gasteiger partial charge in [0.05, 0.1) is 0 Å². The number of likely N-dealkylation sites (N-methyl/N-ethyl adjacent to an activating group) is 1. The first-order valence-electron chi connectivity index (χ1n) is 9.73. The van der Waals surface area contributed by atoms with Crippen LogP contribution in [0.4, 0.5) is 5.82 Å². The van der Waals surface area contributed by atoms with Gasteiger partial charge in [-0.1, -0.05) is 36.4 Å². The van der Waals surface area contributed by atoms with Crippen LogP contribution in [0.3, 0.4) is 0 Å². The number of aromatic nitrogens is 3. The zero-order valence-corrected chi connectivity index (χ0v) is 16.0. The summed E-state index contributed by atoms with van der Waals surface area (Å²) in [5.41, 5.74) is 3.36. The molecule has 2 aliphatic rings. The van der Waals surface area contributed by atoms with E-state index in [4.69, 9.17) is 0 Å². The normalized spacial score (nSPS) is 22.4. The van der Waals surface area contributed by atoms with Gasteiger partial charge >= 0.3 is 0 Å². The maximum absolute atomic E-state index is 13.0. The molecule has 3 aromatic rings. The fourth-order valence-corrected chi connectivity index (χ4v) is 4.18. The Hall–Kier alpha value is -3.48. The molecule has 29 heavy (non-hydrogen) atoms. The lowest BCUT2D eigenvalue weighted by molar-refractivity contribution is -0.120. The number of nitrogens with one attached hydrogen (secondary N) is 2. The topological polar surface area (TPSA) is 91.0 Å². The number of aromatic amines is 1. The van der Waals surface area contributed by atoms with E-state index < -0.39 is 6.04 Å². The van der Waals surface area contributed by atoms with E-state index in [1.807, 2.05) is 42.5 Å². The van der Waals surface area contributed by atoms with E-state index in [-0.39, 0.29) is 23.7 Å². The van der Waals surface area contributed by atoms with Crippen molar-refractivity contribution in [3.63, 3.8) is 0 Å². The highest BCUT2D eigenvalue weighted by atomic mass is 16.2. The molecule has 0 bridgehead atoms. The summed E-state index contributed by atoms with van der Waals surface area (Å²) in [7, 11) is 1.71. The molecule has 1 aliphatic heterocycles. The third kappa shape index (κ3) is 3.18. The van der Waals surface area contributed by atoms with Crippen LogP contribution in [0.1, 0.15) is 39.6 Å². The first kappa shape index (κ1) is 17.6. The van der Waals surface area contributed by atoms with E-state index in [0.29, 0.717) is 17.9 Å². The minimum Gasteiger partial charge on any atom is -0.339 e. The number of carbonyl (C=O) groups is 2. The Kier molecular flexibility index (Phi) is 4.16. The summed E-state index contributed by atoms with van der Waals surface area (Å²) in [4.78, 5) is 31.7. The second-order valence-electron chi connectivity index (χ2n) is 7.71. The lowest BCUT2D eigenvalue weighted by Gasteiger charge is -2.22. The lowest BCUT2D eigenvalue weighted by Crippen LogP contribution is -2.48. The van der Waals surface area contributed by atoms with Crippen molar-refractivity contribution in [2.24, 2.45) is 5.92 Å². The van der Waals surface area contributed by atoms with Gasteiger partial charge in [-0.15, -0.1) is 0 Å². The molecule has 1 aliphatic carbocycles. The Bertz CT molecular complexity index is 1080. The summed E-state index contributed by atoms with van der Waals surface area (Å²) in [6.07, 6.45) is 3.23. The molecule has 1 aromatic carbocycles. The Morgan fingerprint density at radius 2 is 2.07 bits per heavy atom. The smallest absolute Gasteiger partial charge is 0.272 e. The molecule has 7 heteroatoms. The van der Waals surface area contributed by atoms with Crippen LogP contribution >= 0.6 is 0 Å². The van der Waals surface area contributed by atoms with Gasteiger partial charge in [-0.05, 0) is 41.5 Å². The molecule has 0 radical (unpaired) electrons. The molecule has 3 atom stereocenters. The zero-order valence-electron chi connectivity index (χ0n) is 16.0. The summed E-state index contributed by atoms with van der Waals surface area (Å²) >= 11 is 0. The van der Waals surface area contributed by atoms with Crippen LogP contribution < -0.4 is 10.2 Å². The number of hydrogen-bond acceptors (Lipinski definition) is 4. The Labute approximate surface area is 168 Å². The van der Waals surface area contributed by atoms with Gasteiger partial charge in [0.1, 0.15) is 17.6 Å². The molecule has 3 heterocycles. The second kappa shape index (κ2) is 6.84. The number of benzene rings is 1. The number of nitrogens with zero attached hydrogens (tertiary/aromatic N) is 3. The first-order valence-corrected chi connectivity index (χ1v) is 9.73. The number of pyridine rings is 1. The van der Waals surface area contributed by atoms with Crippen molar-refractivity contribution in [3.8, 4) is 0 Å². The predicted octanol–water partition coefficient (Wildman–Crippen LogP) is 2.27. The minimum atomic E-state index is -0.569. The number of amides is 2. The monoisotopic (exact) mass is 387 g/mol. The van der Waals surface area contributed by atoms with Gasteiger partial charge in [-0.3, -0.25) is 19.6 Å². The Morgan fingerprint density at radius 3 is 2.90 bits per heavy atom. The van der Waals surface area contributed by atoms with Crippen molar-refractivity contribution < 1.29 is 9.59 Å². The fourth-order valence-electron chi connectivity index (χ4n) is 4.18. The van der Waals surface area contributed by atoms with Crippen molar-refractivity contribution >= 4 is 17.6 Å². The third-order valence-electron chi connectivity index (χ3n) is 5.79. The summed E-state index contributed by atoms with van der Waals surface area (Å²) in [5, 5.41) is 9.99. The number of H-pyrrole nitrogens is 1. The van der Waals surface area contributed by atoms with Crippen LogP contribution in [0.15, 0.2) is 54.7 Å². The van der Waals surface area contributed by atoms with E-state index in [2.05, 4.69) is 20.5 Å². The lowest BCUT2D eigenvalue weighted by atomic mass is 10.1. The van der Waals surface area contributed by atoms with Gasteiger partial charge in [0, 0.05) is 25.4 Å². The average Bonchev–Trinajstić information content (AvgIpc) is 3.41. The van der Waals surface area contributed by atoms with Crippen molar-refractivity contribution in [3.05, 3.63) is 77.2 Å². The maximum Gasteiger partial charge on any atom is 0.272 e. The Morgan fingerprint density at radius 1 is 1.24 bits per heavy atom. The second-order valence-corrected chi connectivity index (χ2v) is 7.71. The van der Waals surface area contributed by atoms with Gasteiger partial charge in [0.2, 0.25) is 0 Å². The number of anilines is 1. The maximum atomic E-state index is 13.0. The van der Waals surface area contributed by atoms with Crippen molar-refractivity contribution in [1.82, 2.24) is 20.5 Å². The van der Waals surface area contributed by atoms with Crippen LogP contribution in [0.2, 0.25) is 0 Å². The van der Waals surface area contributed by atoms with Crippen LogP contribution in [0, 0.1) is 5.92 Å². The molecule has 1 fully saturated rings. The molecule has 1 saturated carbocycles. The van der Waals surface area contributed by atoms with Crippen LogP contribution in [-0.2, 0) is 11.2 Å². The molecule has 0 spiro atoms. The highest BCUT2D eigenvalue weighted by Gasteiger charge is 2.52. The zero-order chi connectivity index (χ0) is 20.0. The average molecular weight is 387 g/mol. The quantitative estimate of drug-likeness (QED) is 0.719. The Balaban J connectivity index is 1.32. The molecular formula is C22H21N5O2. The van der Waals surface area contributed by atoms with Gasteiger partial charge in [0.25, 0.3) is 11.8 Å². The molecule has 5 rings (SSSR count). The molecule has 0 saturated heterocycles. The van der Waals surface area contributed by atoms with Crippen LogP contribution in [0.25, 0.3) is 0 Å². The van der Waals surface area contributed by atoms with Gasteiger partial charge in [0.15, 0.2) is 0 Å². The SMILES string of the molecule is CN1C(=O)[C@H](NC(=O)c2cc(Cc3ccccc3)[nH]n2)[C@@H]2C[C@@H]2c2cccnc21. The van der Waals surface area contributed by atoms with Gasteiger partial charge in [-0.2, -0.15) is 5.10 Å². The van der Waals surface area contributed by atoms with Crippen molar-refractivity contribution in [1.29, 1.82) is 0 Å². The van der Waals surface area contributed by atoms with Crippen LogP contribution in [0.5, 0.6) is 0 Å². The fraction of sp³-hybridized carbons (Fsp3) is 0.273. The summed E-state index contributed by atoms with van der Waals surface area (Å²) < 4.78 is 0. The summed E-state index contributed by atoms with van der Waals surface area (Å²) in [6, 6.07) is 15.1. The molecule has 2 aromatic heterocycles. The third-order valence-corrected chi connectivity index (χ3v) is 5.79. The summed E-state index contributed by atoms with van der Waals surface area (Å²) in [6.45, 7) is 0. The molecule has 0 unspecified atom stereocenters. The minimum absolute atomic E-state index is 0.0991. The van der Waals surface area contributed by atoms with Crippen molar-refractivity contribution in [2.75, 3.05) is 11.9 Å². The highest BCUT2D eigenvalue weighted by Crippen LogP contribution is 2.53. The van der Waals surface area contributed by atoms with E-state index in [1.54, 1.807) is 24.2 Å². The molecule has 146 valence electrons. The van der Waals surface area contributed by atoms with E-state index in [0.717, 1.165) is 23.2 Å². The molecule has 2 N–H and O–H groups in total. The standard InChI is InChI=1S/C22H21N5O2/c1-27-20-15(8-5-9-23-20)16-12-17(16)19(22(27)29)24-21(28)18-11-14(25-26-18)10-13-6-3-2-4-7-13/h2-9,11,16-17,19H,10,12H2,1H3,(H,24,28)(H,25,26)/t16-,17-,19-/m1/s1. The molecular weight excluding hydrogens is 366 g/mol. The largest absolute Gasteiger partial charge is 0.339 e.